The number of halogens is 8. The number of ketones is 1. The van der Waals surface area contributed by atoms with E-state index in [0.29, 0.717) is 90.4 Å². The fourth-order valence-electron chi connectivity index (χ4n) is 18.5. The first-order valence-electron chi connectivity index (χ1n) is 40.0. The number of benzene rings is 2. The van der Waals surface area contributed by atoms with Crippen LogP contribution in [0.3, 0.4) is 0 Å². The number of aliphatic hydroxyl groups is 1. The Bertz CT molecular complexity index is 5560. The van der Waals surface area contributed by atoms with Crippen molar-refractivity contribution in [2.24, 2.45) is 5.73 Å². The molecule has 45 heteroatoms. The van der Waals surface area contributed by atoms with Crippen LogP contribution in [0.5, 0.6) is 23.0 Å². The third-order valence-corrected chi connectivity index (χ3v) is 25.0. The molecule has 0 bridgehead atoms. The molecule has 5 amide bonds. The van der Waals surface area contributed by atoms with E-state index in [1.807, 2.05) is 27.7 Å². The number of aromatic carboxylic acids is 1. The van der Waals surface area contributed by atoms with E-state index in [9.17, 15) is 90.1 Å². The average molecular weight is 1990 g/mol. The van der Waals surface area contributed by atoms with Gasteiger partial charge in [0.2, 0.25) is 21.7 Å². The molecular weight excluding hydrogens is 1890 g/mol. The monoisotopic (exact) mass is 1980 g/mol. The summed E-state index contributed by atoms with van der Waals surface area (Å²) in [7, 11) is 6.04. The molecule has 4 aliphatic carbocycles. The molecule has 0 radical (unpaired) electrons. The second kappa shape index (κ2) is 43.8. The van der Waals surface area contributed by atoms with E-state index in [2.05, 4.69) is 20.1 Å². The van der Waals surface area contributed by atoms with Crippen LogP contribution in [0.1, 0.15) is 249 Å². The average Bonchev–Trinajstić information content (AvgIpc) is 1.39. The summed E-state index contributed by atoms with van der Waals surface area (Å²) >= 11 is 11.2. The first kappa shape index (κ1) is 107. The Morgan fingerprint density at radius 3 is 1.27 bits per heavy atom. The maximum Gasteiger partial charge on any atom is 2.00 e. The summed E-state index contributed by atoms with van der Waals surface area (Å²) in [5.74, 6) is -11.5. The SMILES string of the molecule is COC(=O)c1cn([C@H]2CCCC2=O)c(C(=O)OC)c(OC)c1=O.COc1c2n(cc(C(=O)NCc3ccc(F)c(Cl)c3F)c1=O)[C@H]1CCC[C@]13OCC[C@@H](C)N3C2=O.COc1c2n(cc(C(=O)O)c1=O)[C@H]1CCC[C@]13OCC[C@@H](C)N3C2=O.C[C@@H](N)CCO.C[C@@H]1CCO[C@@]23CCC[C@@H]2n2cc(C(=O)NCc4ccc(F)c(Cl)c4F)c(=O)c(O)c2C(=O)N13.[Br-].[Br-].[Mg+2].[Na+].[OH-]. The Hall–Kier alpha value is -8.34. The normalized spacial score (nSPS) is 23.3. The number of amides is 5. The first-order valence-corrected chi connectivity index (χ1v) is 40.8. The molecule has 35 nitrogen and oxygen atoms in total. The topological polar surface area (TPSA) is 466 Å². The number of nitrogens with zero attached hydrogens (tertiary/aromatic N) is 7. The maximum atomic E-state index is 14.3. The van der Waals surface area contributed by atoms with Crippen molar-refractivity contribution < 1.29 is 183 Å². The molecule has 4 aromatic heterocycles. The summed E-state index contributed by atoms with van der Waals surface area (Å²) in [5.41, 5.74) is -2.21. The van der Waals surface area contributed by atoms with Crippen molar-refractivity contribution in [3.05, 3.63) is 179 Å². The summed E-state index contributed by atoms with van der Waals surface area (Å²) in [6.07, 6.45) is 15.8. The van der Waals surface area contributed by atoms with Gasteiger partial charge in [0.1, 0.15) is 55.6 Å². The van der Waals surface area contributed by atoms with Gasteiger partial charge in [0, 0.05) is 86.2 Å². The van der Waals surface area contributed by atoms with Crippen LogP contribution in [0.15, 0.2) is 68.2 Å². The number of aliphatic hydroxyl groups excluding tert-OH is 1. The van der Waals surface area contributed by atoms with E-state index in [0.717, 1.165) is 76.8 Å². The molecule has 16 rings (SSSR count). The van der Waals surface area contributed by atoms with E-state index in [1.54, 1.807) is 23.8 Å². The summed E-state index contributed by atoms with van der Waals surface area (Å²) in [5, 5.41) is 31.7. The molecule has 10 aliphatic rings. The van der Waals surface area contributed by atoms with E-state index in [-0.39, 0.29) is 234 Å². The molecule has 6 aliphatic heterocycles. The van der Waals surface area contributed by atoms with Crippen molar-refractivity contribution in [1.29, 1.82) is 0 Å². The molecular formula is C83H95Br2Cl2F4MgN10NaO25. The molecule has 3 saturated heterocycles. The van der Waals surface area contributed by atoms with Crippen molar-refractivity contribution in [2.45, 2.75) is 209 Å². The number of carboxylic acid groups (broad SMARTS) is 1. The number of methoxy groups -OCH3 is 5. The maximum absolute atomic E-state index is 14.3. The Morgan fingerprint density at radius 1 is 0.539 bits per heavy atom. The van der Waals surface area contributed by atoms with Crippen LogP contribution in [-0.2, 0) is 41.6 Å². The smallest absolute Gasteiger partial charge is 1.00 e. The second-order valence-corrected chi connectivity index (χ2v) is 32.1. The fourth-order valence-corrected chi connectivity index (χ4v) is 18.9. The Kier molecular flexibility index (Phi) is 36.5. The number of carbonyl (C=O) groups excluding carboxylic acids is 8. The summed E-state index contributed by atoms with van der Waals surface area (Å²) in [6.45, 7) is 8.76. The van der Waals surface area contributed by atoms with Gasteiger partial charge in [-0.05, 0) is 136 Å². The number of rotatable bonds is 15. The second-order valence-electron chi connectivity index (χ2n) is 31.4. The van der Waals surface area contributed by atoms with Gasteiger partial charge in [-0.2, -0.15) is 0 Å². The van der Waals surface area contributed by atoms with Gasteiger partial charge >= 0.3 is 70.5 Å². The first-order chi connectivity index (χ1) is 58.5. The van der Waals surface area contributed by atoms with E-state index in [1.165, 1.54) is 49.1 Å². The van der Waals surface area contributed by atoms with E-state index >= 15 is 0 Å². The number of hydrogen-bond donors (Lipinski definition) is 6. The minimum Gasteiger partial charge on any atom is -1.00 e. The number of fused-ring (bicyclic) bond motifs is 6. The largest absolute Gasteiger partial charge is 2.00 e. The number of nitrogens with one attached hydrogen (secondary N) is 2. The molecule has 10 heterocycles. The zero-order chi connectivity index (χ0) is 89.5. The van der Waals surface area contributed by atoms with Crippen LogP contribution in [0.25, 0.3) is 0 Å². The molecule has 0 unspecified atom stereocenters. The molecule has 128 heavy (non-hydrogen) atoms. The van der Waals surface area contributed by atoms with Crippen LogP contribution in [0, 0.1) is 23.3 Å². The van der Waals surface area contributed by atoms with Gasteiger partial charge in [-0.1, -0.05) is 35.3 Å². The Balaban J connectivity index is 0.000000229. The van der Waals surface area contributed by atoms with Crippen LogP contribution in [0.2, 0.25) is 10.0 Å². The van der Waals surface area contributed by atoms with E-state index in [4.69, 9.17) is 62.5 Å². The summed E-state index contributed by atoms with van der Waals surface area (Å²) in [6, 6.07) is 2.61. The predicted molar refractivity (Wildman–Crippen MR) is 435 cm³/mol. The van der Waals surface area contributed by atoms with E-state index < -0.39 is 131 Å². The third-order valence-electron chi connectivity index (χ3n) is 24.3. The zero-order valence-corrected chi connectivity index (χ0v) is 79.7. The molecule has 686 valence electrons. The Labute approximate surface area is 799 Å². The van der Waals surface area contributed by atoms with Gasteiger partial charge in [-0.25, -0.2) is 31.9 Å². The summed E-state index contributed by atoms with van der Waals surface area (Å²) in [4.78, 5) is 170. The van der Waals surface area contributed by atoms with Gasteiger partial charge in [-0.3, -0.25) is 47.9 Å². The predicted octanol–water partition coefficient (Wildman–Crippen LogP) is -1.36. The van der Waals surface area contributed by atoms with Crippen LogP contribution in [0.4, 0.5) is 17.6 Å². The number of nitrogens with two attached hydrogens (primary N) is 1. The van der Waals surface area contributed by atoms with Crippen molar-refractivity contribution in [3.63, 3.8) is 0 Å². The minimum absolute atomic E-state index is 0. The van der Waals surface area contributed by atoms with Gasteiger partial charge in [0.05, 0.1) is 79.5 Å². The molecule has 3 spiro atoms. The van der Waals surface area contributed by atoms with Crippen molar-refractivity contribution in [2.75, 3.05) is 62.0 Å². The standard InChI is InChI=1S/C24H24ClF2N3O5.C23H22ClF2N3O5.C17H20N2O6.C15H17NO7.C4H11NO.2BrH.Mg.Na.H2O/c1-12-7-9-35-24-8-3-4-16(24)29-11-14(20(31)21(34-2)19(29)23(33)30(12)24)22(32)28-10-13-5-6-15(26)17(25)18(13)27;1-11-6-8-34-23-7-2-3-15(23)28-10-13(19(30)20(31)18(28)22(33)29(11)23)21(32)27-9-12-4-5-14(25)16(24)17(12)26;1-9-5-7-25-17-6-3-4-11(17)18-8-10(16(22)23)13(20)14(24-2)12(18)15(21)19(9)17;1-21-13-11(15(20)23-3)16(9-5-4-6-10(9)17)7-8(12(13)18)14(19)22-2;1-4(5)2-3-6;;;;;/h5-6,11-12,16H,3-4,7-10H2,1-2H3,(H,28,32);4-5,10-11,15,31H,2-3,6-9H2,1H3,(H,27,32);8-9,11H,3-7H2,1-2H3,(H,22,23);7,9H,4-6H2,1-3H3;4,6H,2-3,5H2,1H3;2*1H;;;1H2/q;;;;;;;+2;+1;/p-3/t12-,16+,24+;11-,15+,23+;9-,11+,17+;9-;4-;;;;;/m11101...../s1. The number of pyridine rings is 4. The number of Topliss-reactive ketones (excluding diaryl/α,β-unsaturated/α-hetero) is 1. The zero-order valence-electron chi connectivity index (χ0n) is 71.6. The van der Waals surface area contributed by atoms with Gasteiger partial charge < -0.3 is 142 Å². The minimum atomic E-state index is -1.33. The fraction of sp³-hybridized carbons (Fsp3) is 0.506. The molecule has 2 aromatic carbocycles. The Morgan fingerprint density at radius 2 is 0.906 bits per heavy atom. The molecule has 11 atom stereocenters. The number of carboxylic acids is 1. The molecule has 8 N–H and O–H groups in total. The quantitative estimate of drug-likeness (QED) is 0.0299. The van der Waals surface area contributed by atoms with Crippen molar-refractivity contribution in [1.82, 2.24) is 43.6 Å². The third kappa shape index (κ3) is 19.2. The number of hydrogen-bond acceptors (Lipinski definition) is 25. The number of esters is 2. The number of carbonyl (C=O) groups is 9. The summed E-state index contributed by atoms with van der Waals surface area (Å²) < 4.78 is 105. The molecule has 7 fully saturated rings. The van der Waals surface area contributed by atoms with Gasteiger partial charge in [0.25, 0.3) is 29.5 Å². The van der Waals surface area contributed by atoms with Crippen LogP contribution < -0.4 is 116 Å². The van der Waals surface area contributed by atoms with Crippen LogP contribution in [-0.4, -0.2) is 233 Å². The number of ether oxygens (including phenoxy) is 8. The van der Waals surface area contributed by atoms with Crippen LogP contribution >= 0.6 is 23.2 Å². The molecule has 6 aromatic rings. The number of aromatic hydroxyl groups is 1. The number of aromatic nitrogens is 4. The van der Waals surface area contributed by atoms with Gasteiger partial charge in [0.15, 0.2) is 68.7 Å². The van der Waals surface area contributed by atoms with Gasteiger partial charge in [-0.15, -0.1) is 0 Å². The molecule has 4 saturated carbocycles. The van der Waals surface area contributed by atoms with Crippen molar-refractivity contribution in [3.8, 4) is 23.0 Å². The van der Waals surface area contributed by atoms with Crippen molar-refractivity contribution >= 4 is 99.5 Å².